The summed E-state index contributed by atoms with van der Waals surface area (Å²) < 4.78 is 7.36. The van der Waals surface area contributed by atoms with Gasteiger partial charge in [0, 0.05) is 25.9 Å². The van der Waals surface area contributed by atoms with Gasteiger partial charge in [0.2, 0.25) is 0 Å². The van der Waals surface area contributed by atoms with Gasteiger partial charge >= 0.3 is 0 Å². The quantitative estimate of drug-likeness (QED) is 0.847. The molecule has 4 nitrogen and oxygen atoms in total. The number of imidazole rings is 1. The van der Waals surface area contributed by atoms with Crippen LogP contribution in [0.15, 0.2) is 42.7 Å². The number of hydrogen-bond donors (Lipinski definition) is 1. The number of ether oxygens (including phenoxy) is 1. The van der Waals surface area contributed by atoms with E-state index in [1.165, 1.54) is 0 Å². The van der Waals surface area contributed by atoms with Crippen molar-refractivity contribution >= 4 is 0 Å². The van der Waals surface area contributed by atoms with E-state index in [1.807, 2.05) is 48.1 Å². The lowest BCUT2D eigenvalue weighted by Crippen LogP contribution is -2.21. The van der Waals surface area contributed by atoms with Crippen molar-refractivity contribution in [2.75, 3.05) is 6.61 Å². The number of nitrogens with zero attached hydrogens (tertiary/aromatic N) is 2. The van der Waals surface area contributed by atoms with E-state index in [2.05, 4.69) is 4.98 Å². The Kier molecular flexibility index (Phi) is 3.77. The molecule has 0 aliphatic carbocycles. The van der Waals surface area contributed by atoms with Crippen LogP contribution in [0, 0.1) is 0 Å². The molecule has 0 saturated carbocycles. The van der Waals surface area contributed by atoms with Crippen molar-refractivity contribution in [1.82, 2.24) is 9.55 Å². The zero-order chi connectivity index (χ0) is 12.1. The molecule has 1 unspecified atom stereocenters. The minimum atomic E-state index is -0.545. The normalized spacial score (nSPS) is 12.4. The molecule has 1 aromatic heterocycles. The van der Waals surface area contributed by atoms with Crippen LogP contribution in [0.3, 0.4) is 0 Å². The van der Waals surface area contributed by atoms with Crippen molar-refractivity contribution in [2.24, 2.45) is 7.05 Å². The molecule has 0 bridgehead atoms. The van der Waals surface area contributed by atoms with Crippen LogP contribution in [0.4, 0.5) is 0 Å². The standard InChI is InChI=1S/C13H16N2O2/c1-15-8-7-14-13(15)9-11(16)10-17-12-5-3-2-4-6-12/h2-8,11,16H,9-10H2,1H3. The van der Waals surface area contributed by atoms with Crippen molar-refractivity contribution in [3.8, 4) is 5.75 Å². The fourth-order valence-corrected chi connectivity index (χ4v) is 1.57. The summed E-state index contributed by atoms with van der Waals surface area (Å²) in [4.78, 5) is 4.16. The molecule has 2 aromatic rings. The minimum absolute atomic E-state index is 0.275. The summed E-state index contributed by atoms with van der Waals surface area (Å²) in [6.45, 7) is 0.275. The summed E-state index contributed by atoms with van der Waals surface area (Å²) in [5.74, 6) is 1.63. The van der Waals surface area contributed by atoms with Gasteiger partial charge in [0.15, 0.2) is 0 Å². The van der Waals surface area contributed by atoms with E-state index in [9.17, 15) is 5.11 Å². The lowest BCUT2D eigenvalue weighted by molar-refractivity contribution is 0.105. The van der Waals surface area contributed by atoms with Crippen LogP contribution in [0.5, 0.6) is 5.75 Å². The average Bonchev–Trinajstić information content (AvgIpc) is 2.74. The van der Waals surface area contributed by atoms with Gasteiger partial charge in [-0.25, -0.2) is 4.98 Å². The highest BCUT2D eigenvalue weighted by molar-refractivity contribution is 5.20. The van der Waals surface area contributed by atoms with Gasteiger partial charge < -0.3 is 14.4 Å². The molecule has 0 amide bonds. The second kappa shape index (κ2) is 5.50. The first kappa shape index (κ1) is 11.7. The molecule has 0 aliphatic heterocycles. The molecule has 1 aromatic carbocycles. The van der Waals surface area contributed by atoms with Crippen molar-refractivity contribution in [3.63, 3.8) is 0 Å². The molecule has 0 saturated heterocycles. The van der Waals surface area contributed by atoms with E-state index < -0.39 is 6.10 Å². The molecule has 4 heteroatoms. The molecular weight excluding hydrogens is 216 g/mol. The van der Waals surface area contributed by atoms with Gasteiger partial charge in [0.25, 0.3) is 0 Å². The molecule has 0 radical (unpaired) electrons. The molecule has 0 spiro atoms. The van der Waals surface area contributed by atoms with E-state index in [1.54, 1.807) is 6.20 Å². The van der Waals surface area contributed by atoms with Crippen molar-refractivity contribution in [2.45, 2.75) is 12.5 Å². The molecule has 0 aliphatic rings. The van der Waals surface area contributed by atoms with Gasteiger partial charge in [0.05, 0.1) is 6.10 Å². The van der Waals surface area contributed by atoms with E-state index in [0.29, 0.717) is 6.42 Å². The van der Waals surface area contributed by atoms with Crippen LogP contribution in [-0.2, 0) is 13.5 Å². The van der Waals surface area contributed by atoms with Gasteiger partial charge in [-0.2, -0.15) is 0 Å². The third kappa shape index (κ3) is 3.32. The van der Waals surface area contributed by atoms with E-state index in [-0.39, 0.29) is 6.61 Å². The summed E-state index contributed by atoms with van der Waals surface area (Å²) >= 11 is 0. The maximum absolute atomic E-state index is 9.83. The van der Waals surface area contributed by atoms with Gasteiger partial charge in [-0.15, -0.1) is 0 Å². The highest BCUT2D eigenvalue weighted by Gasteiger charge is 2.09. The summed E-state index contributed by atoms with van der Waals surface area (Å²) in [5.41, 5.74) is 0. The van der Waals surface area contributed by atoms with Crippen molar-refractivity contribution in [3.05, 3.63) is 48.5 Å². The van der Waals surface area contributed by atoms with Crippen LogP contribution in [0.1, 0.15) is 5.82 Å². The second-order valence-electron chi connectivity index (χ2n) is 3.94. The first-order valence-corrected chi connectivity index (χ1v) is 5.58. The molecule has 17 heavy (non-hydrogen) atoms. The molecule has 2 rings (SSSR count). The Morgan fingerprint density at radius 1 is 1.35 bits per heavy atom. The Balaban J connectivity index is 1.82. The predicted octanol–water partition coefficient (Wildman–Crippen LogP) is 1.40. The SMILES string of the molecule is Cn1ccnc1CC(O)COc1ccccc1. The third-order valence-corrected chi connectivity index (χ3v) is 2.52. The summed E-state index contributed by atoms with van der Waals surface area (Å²) in [5, 5.41) is 9.83. The molecule has 0 fully saturated rings. The number of aromatic nitrogens is 2. The highest BCUT2D eigenvalue weighted by atomic mass is 16.5. The van der Waals surface area contributed by atoms with E-state index in [0.717, 1.165) is 11.6 Å². The Hall–Kier alpha value is -1.81. The Morgan fingerprint density at radius 3 is 2.76 bits per heavy atom. The minimum Gasteiger partial charge on any atom is -0.491 e. The van der Waals surface area contributed by atoms with Crippen LogP contribution >= 0.6 is 0 Å². The third-order valence-electron chi connectivity index (χ3n) is 2.52. The molecule has 1 heterocycles. The highest BCUT2D eigenvalue weighted by Crippen LogP contribution is 2.09. The summed E-state index contributed by atoms with van der Waals surface area (Å²) in [6.07, 6.45) is 3.53. The van der Waals surface area contributed by atoms with Crippen LogP contribution in [0.2, 0.25) is 0 Å². The van der Waals surface area contributed by atoms with Gasteiger partial charge in [-0.1, -0.05) is 18.2 Å². The fourth-order valence-electron chi connectivity index (χ4n) is 1.57. The van der Waals surface area contributed by atoms with Gasteiger partial charge in [0.1, 0.15) is 18.2 Å². The summed E-state index contributed by atoms with van der Waals surface area (Å²) in [7, 11) is 1.91. The zero-order valence-electron chi connectivity index (χ0n) is 9.78. The van der Waals surface area contributed by atoms with Crippen LogP contribution in [0.25, 0.3) is 0 Å². The van der Waals surface area contributed by atoms with Gasteiger partial charge in [-0.05, 0) is 12.1 Å². The average molecular weight is 232 g/mol. The number of benzene rings is 1. The summed E-state index contributed by atoms with van der Waals surface area (Å²) in [6, 6.07) is 9.47. The molecular formula is C13H16N2O2. The number of rotatable bonds is 5. The largest absolute Gasteiger partial charge is 0.491 e. The number of hydrogen-bond acceptors (Lipinski definition) is 3. The molecule has 1 atom stereocenters. The Bertz CT molecular complexity index is 453. The maximum Gasteiger partial charge on any atom is 0.119 e. The molecule has 90 valence electrons. The smallest absolute Gasteiger partial charge is 0.119 e. The zero-order valence-corrected chi connectivity index (χ0v) is 9.78. The lowest BCUT2D eigenvalue weighted by atomic mass is 10.2. The van der Waals surface area contributed by atoms with Crippen molar-refractivity contribution in [1.29, 1.82) is 0 Å². The van der Waals surface area contributed by atoms with Crippen LogP contribution in [-0.4, -0.2) is 27.4 Å². The second-order valence-corrected chi connectivity index (χ2v) is 3.94. The number of para-hydroxylation sites is 1. The van der Waals surface area contributed by atoms with Crippen LogP contribution < -0.4 is 4.74 Å². The molecule has 1 N–H and O–H groups in total. The topological polar surface area (TPSA) is 47.3 Å². The first-order valence-electron chi connectivity index (χ1n) is 5.58. The van der Waals surface area contributed by atoms with E-state index >= 15 is 0 Å². The number of aryl methyl sites for hydroxylation is 1. The number of aliphatic hydroxyl groups is 1. The van der Waals surface area contributed by atoms with Gasteiger partial charge in [-0.3, -0.25) is 0 Å². The predicted molar refractivity (Wildman–Crippen MR) is 64.9 cm³/mol. The monoisotopic (exact) mass is 232 g/mol. The Labute approximate surface area is 100 Å². The van der Waals surface area contributed by atoms with E-state index in [4.69, 9.17) is 4.74 Å². The maximum atomic E-state index is 9.83. The Morgan fingerprint density at radius 2 is 2.12 bits per heavy atom. The van der Waals surface area contributed by atoms with Crippen molar-refractivity contribution < 1.29 is 9.84 Å². The number of aliphatic hydroxyl groups excluding tert-OH is 1. The fraction of sp³-hybridized carbons (Fsp3) is 0.308. The lowest BCUT2D eigenvalue weighted by Gasteiger charge is -2.12. The first-order chi connectivity index (χ1) is 8.25.